The third kappa shape index (κ3) is 5.32. The molecule has 2 aromatic rings. The second-order valence-corrected chi connectivity index (χ2v) is 5.32. The van der Waals surface area contributed by atoms with Crippen LogP contribution >= 0.6 is 0 Å². The zero-order valence-corrected chi connectivity index (χ0v) is 14.4. The summed E-state index contributed by atoms with van der Waals surface area (Å²) in [5.74, 6) is 0.844. The molecule has 1 amide bonds. The van der Waals surface area contributed by atoms with Crippen LogP contribution in [0, 0.1) is 0 Å². The van der Waals surface area contributed by atoms with Crippen molar-refractivity contribution in [3.05, 3.63) is 54.1 Å². The van der Waals surface area contributed by atoms with Crippen molar-refractivity contribution in [1.29, 1.82) is 0 Å². The molecular formula is C19H21NO5. The number of hydrogen-bond donors (Lipinski definition) is 1. The molecule has 6 heteroatoms. The minimum Gasteiger partial charge on any atom is -0.497 e. The third-order valence-corrected chi connectivity index (χ3v) is 3.58. The van der Waals surface area contributed by atoms with Crippen LogP contribution in [0.5, 0.6) is 11.5 Å². The van der Waals surface area contributed by atoms with E-state index in [0.29, 0.717) is 22.7 Å². The number of anilines is 1. The van der Waals surface area contributed by atoms with E-state index in [-0.39, 0.29) is 18.3 Å². The molecule has 2 rings (SSSR count). The number of amides is 1. The predicted molar refractivity (Wildman–Crippen MR) is 94.4 cm³/mol. The van der Waals surface area contributed by atoms with Crippen LogP contribution in [-0.4, -0.2) is 38.6 Å². The SMILES string of the molecule is COc1ccc(NC(=O)CO[C@@H](C)C(=O)c2ccc(OC)cc2)cc1. The molecule has 0 radical (unpaired) electrons. The van der Waals surface area contributed by atoms with Gasteiger partial charge in [0.2, 0.25) is 5.91 Å². The molecule has 0 unspecified atom stereocenters. The van der Waals surface area contributed by atoms with E-state index in [9.17, 15) is 9.59 Å². The van der Waals surface area contributed by atoms with Gasteiger partial charge in [-0.05, 0) is 55.5 Å². The standard InChI is InChI=1S/C19H21NO5/c1-13(19(22)14-4-8-16(23-2)9-5-14)25-12-18(21)20-15-6-10-17(24-3)11-7-15/h4-11,13H,12H2,1-3H3,(H,20,21)/t13-/m0/s1. The van der Waals surface area contributed by atoms with Gasteiger partial charge in [0.15, 0.2) is 5.78 Å². The molecule has 25 heavy (non-hydrogen) atoms. The quantitative estimate of drug-likeness (QED) is 0.746. The number of carbonyl (C=O) groups is 2. The van der Waals surface area contributed by atoms with E-state index >= 15 is 0 Å². The van der Waals surface area contributed by atoms with Gasteiger partial charge in [-0.15, -0.1) is 0 Å². The lowest BCUT2D eigenvalue weighted by Crippen LogP contribution is -2.27. The average Bonchev–Trinajstić information content (AvgIpc) is 2.66. The predicted octanol–water partition coefficient (Wildman–Crippen LogP) is 2.93. The lowest BCUT2D eigenvalue weighted by Gasteiger charge is -2.12. The van der Waals surface area contributed by atoms with Crippen LogP contribution in [0.25, 0.3) is 0 Å². The molecule has 0 aliphatic rings. The molecule has 1 N–H and O–H groups in total. The number of rotatable bonds is 8. The second-order valence-electron chi connectivity index (χ2n) is 5.32. The van der Waals surface area contributed by atoms with Crippen LogP contribution in [0.4, 0.5) is 5.69 Å². The molecule has 0 fully saturated rings. The minimum absolute atomic E-state index is 0.195. The fourth-order valence-electron chi connectivity index (χ4n) is 2.14. The van der Waals surface area contributed by atoms with Gasteiger partial charge < -0.3 is 19.5 Å². The van der Waals surface area contributed by atoms with Gasteiger partial charge in [-0.3, -0.25) is 9.59 Å². The summed E-state index contributed by atoms with van der Waals surface area (Å²) in [6.45, 7) is 1.41. The van der Waals surface area contributed by atoms with Crippen molar-refractivity contribution >= 4 is 17.4 Å². The maximum absolute atomic E-state index is 12.3. The Morgan fingerprint density at radius 2 is 1.44 bits per heavy atom. The zero-order chi connectivity index (χ0) is 18.2. The topological polar surface area (TPSA) is 73.9 Å². The summed E-state index contributed by atoms with van der Waals surface area (Å²) in [5.41, 5.74) is 1.13. The molecule has 1 atom stereocenters. The summed E-state index contributed by atoms with van der Waals surface area (Å²) in [7, 11) is 3.13. The lowest BCUT2D eigenvalue weighted by atomic mass is 10.1. The number of Topliss-reactive ketones (excluding diaryl/α,β-unsaturated/α-hetero) is 1. The number of ether oxygens (including phenoxy) is 3. The van der Waals surface area contributed by atoms with Crippen molar-refractivity contribution in [2.75, 3.05) is 26.1 Å². The number of ketones is 1. The molecular weight excluding hydrogens is 322 g/mol. The van der Waals surface area contributed by atoms with E-state index < -0.39 is 6.10 Å². The maximum Gasteiger partial charge on any atom is 0.250 e. The van der Waals surface area contributed by atoms with E-state index in [1.165, 1.54) is 0 Å². The van der Waals surface area contributed by atoms with Gasteiger partial charge in [0.05, 0.1) is 14.2 Å². The van der Waals surface area contributed by atoms with Gasteiger partial charge in [0.25, 0.3) is 0 Å². The number of carbonyl (C=O) groups excluding carboxylic acids is 2. The van der Waals surface area contributed by atoms with Crippen LogP contribution in [0.1, 0.15) is 17.3 Å². The van der Waals surface area contributed by atoms with Crippen molar-refractivity contribution in [1.82, 2.24) is 0 Å². The molecule has 2 aromatic carbocycles. The Hall–Kier alpha value is -2.86. The first-order chi connectivity index (χ1) is 12.0. The molecule has 6 nitrogen and oxygen atoms in total. The molecule has 0 aliphatic heterocycles. The lowest BCUT2D eigenvalue weighted by molar-refractivity contribution is -0.121. The first-order valence-electron chi connectivity index (χ1n) is 7.77. The molecule has 0 aliphatic carbocycles. The minimum atomic E-state index is -0.727. The number of methoxy groups -OCH3 is 2. The van der Waals surface area contributed by atoms with Gasteiger partial charge in [-0.25, -0.2) is 0 Å². The summed E-state index contributed by atoms with van der Waals surface area (Å²) in [4.78, 5) is 24.2. The van der Waals surface area contributed by atoms with Crippen molar-refractivity contribution in [3.8, 4) is 11.5 Å². The Kier molecular flexibility index (Phi) is 6.54. The van der Waals surface area contributed by atoms with E-state index in [0.717, 1.165) is 0 Å². The monoisotopic (exact) mass is 343 g/mol. The van der Waals surface area contributed by atoms with E-state index in [1.54, 1.807) is 69.7 Å². The van der Waals surface area contributed by atoms with Crippen LogP contribution in [0.3, 0.4) is 0 Å². The molecule has 0 aromatic heterocycles. The van der Waals surface area contributed by atoms with Crippen molar-refractivity contribution in [2.24, 2.45) is 0 Å². The van der Waals surface area contributed by atoms with Gasteiger partial charge >= 0.3 is 0 Å². The maximum atomic E-state index is 12.3. The highest BCUT2D eigenvalue weighted by atomic mass is 16.5. The highest BCUT2D eigenvalue weighted by Gasteiger charge is 2.17. The number of nitrogens with one attached hydrogen (secondary N) is 1. The van der Waals surface area contributed by atoms with Crippen molar-refractivity contribution in [3.63, 3.8) is 0 Å². The van der Waals surface area contributed by atoms with Crippen LogP contribution < -0.4 is 14.8 Å². The second kappa shape index (κ2) is 8.84. The van der Waals surface area contributed by atoms with Gasteiger partial charge in [0, 0.05) is 11.3 Å². The number of hydrogen-bond acceptors (Lipinski definition) is 5. The smallest absolute Gasteiger partial charge is 0.250 e. The Bertz CT molecular complexity index is 710. The van der Waals surface area contributed by atoms with Crippen LogP contribution in [0.2, 0.25) is 0 Å². The van der Waals surface area contributed by atoms with E-state index in [4.69, 9.17) is 14.2 Å². The van der Waals surface area contributed by atoms with Gasteiger partial charge in [0.1, 0.15) is 24.2 Å². The Balaban J connectivity index is 1.83. The third-order valence-electron chi connectivity index (χ3n) is 3.58. The summed E-state index contributed by atoms with van der Waals surface area (Å²) in [6.07, 6.45) is -0.727. The molecule has 0 saturated carbocycles. The van der Waals surface area contributed by atoms with E-state index in [1.807, 2.05) is 0 Å². The molecule has 0 saturated heterocycles. The Morgan fingerprint density at radius 3 is 1.96 bits per heavy atom. The zero-order valence-electron chi connectivity index (χ0n) is 14.4. The normalized spacial score (nSPS) is 11.5. The van der Waals surface area contributed by atoms with Crippen molar-refractivity contribution < 1.29 is 23.8 Å². The fourth-order valence-corrected chi connectivity index (χ4v) is 2.14. The van der Waals surface area contributed by atoms with Crippen LogP contribution in [-0.2, 0) is 9.53 Å². The molecule has 132 valence electrons. The van der Waals surface area contributed by atoms with E-state index in [2.05, 4.69) is 5.32 Å². The molecule has 0 heterocycles. The summed E-state index contributed by atoms with van der Waals surface area (Å²) in [5, 5.41) is 2.70. The largest absolute Gasteiger partial charge is 0.497 e. The summed E-state index contributed by atoms with van der Waals surface area (Å²) < 4.78 is 15.5. The Morgan fingerprint density at radius 1 is 0.920 bits per heavy atom. The summed E-state index contributed by atoms with van der Waals surface area (Å²) >= 11 is 0. The highest BCUT2D eigenvalue weighted by Crippen LogP contribution is 2.15. The highest BCUT2D eigenvalue weighted by molar-refractivity contribution is 5.99. The number of benzene rings is 2. The van der Waals surface area contributed by atoms with Crippen LogP contribution in [0.15, 0.2) is 48.5 Å². The van der Waals surface area contributed by atoms with Gasteiger partial charge in [-0.1, -0.05) is 0 Å². The average molecular weight is 343 g/mol. The fraction of sp³-hybridized carbons (Fsp3) is 0.263. The summed E-state index contributed by atoms with van der Waals surface area (Å²) in [6, 6.07) is 13.7. The first kappa shape index (κ1) is 18.5. The van der Waals surface area contributed by atoms with Gasteiger partial charge in [-0.2, -0.15) is 0 Å². The Labute approximate surface area is 146 Å². The molecule has 0 spiro atoms. The van der Waals surface area contributed by atoms with Crippen molar-refractivity contribution in [2.45, 2.75) is 13.0 Å². The first-order valence-corrected chi connectivity index (χ1v) is 7.77. The molecule has 0 bridgehead atoms.